The van der Waals surface area contributed by atoms with E-state index in [0.717, 1.165) is 57.2 Å². The van der Waals surface area contributed by atoms with Crippen LogP contribution in [-0.2, 0) is 32.8 Å². The lowest BCUT2D eigenvalue weighted by Gasteiger charge is -2.52. The van der Waals surface area contributed by atoms with E-state index in [1.54, 1.807) is 4.57 Å². The summed E-state index contributed by atoms with van der Waals surface area (Å²) in [5.74, 6) is 0.572. The Kier molecular flexibility index (Phi) is 6.29. The second kappa shape index (κ2) is 8.84. The van der Waals surface area contributed by atoms with Gasteiger partial charge in [0.15, 0.2) is 5.65 Å². The number of nitrogens with one attached hydrogen (secondary N) is 1. The molecule has 5 rings (SSSR count). The summed E-state index contributed by atoms with van der Waals surface area (Å²) < 4.78 is 13.9. The standard InChI is InChI=1S/C23H34N4O5/c1-4-13-26-18-17(19(29)27(14-5-2)21(26)30)24-20(25-18)22-7-10-23(11-8-22,12-9-22)32-15-6-16(28)31-3/h4-15H2,1-3H3,(H,24,25). The van der Waals surface area contributed by atoms with Gasteiger partial charge in [0, 0.05) is 18.5 Å². The monoisotopic (exact) mass is 446 g/mol. The van der Waals surface area contributed by atoms with Crippen LogP contribution in [-0.4, -0.2) is 44.4 Å². The molecule has 0 unspecified atom stereocenters. The zero-order chi connectivity index (χ0) is 22.9. The molecule has 3 saturated carbocycles. The fourth-order valence-electron chi connectivity index (χ4n) is 5.44. The number of hydrogen-bond donors (Lipinski definition) is 1. The van der Waals surface area contributed by atoms with Gasteiger partial charge in [-0.25, -0.2) is 9.78 Å². The molecule has 9 nitrogen and oxygen atoms in total. The first kappa shape index (κ1) is 22.8. The minimum atomic E-state index is -0.276. The molecule has 2 aromatic heterocycles. The second-order valence-corrected chi connectivity index (χ2v) is 9.31. The molecule has 2 aromatic rings. The van der Waals surface area contributed by atoms with Gasteiger partial charge in [-0.05, 0) is 51.4 Å². The van der Waals surface area contributed by atoms with Crippen LogP contribution in [0.4, 0.5) is 0 Å². The lowest BCUT2D eigenvalue weighted by molar-refractivity contribution is -0.148. The van der Waals surface area contributed by atoms with Gasteiger partial charge in [-0.1, -0.05) is 13.8 Å². The first-order valence-electron chi connectivity index (χ1n) is 11.8. The summed E-state index contributed by atoms with van der Waals surface area (Å²) >= 11 is 0. The quantitative estimate of drug-likeness (QED) is 0.593. The molecule has 32 heavy (non-hydrogen) atoms. The number of carbonyl (C=O) groups is 1. The molecular formula is C23H34N4O5. The summed E-state index contributed by atoms with van der Waals surface area (Å²) in [5, 5.41) is 0. The largest absolute Gasteiger partial charge is 0.469 e. The van der Waals surface area contributed by atoms with Crippen LogP contribution >= 0.6 is 0 Å². The van der Waals surface area contributed by atoms with Crippen LogP contribution in [0.3, 0.4) is 0 Å². The van der Waals surface area contributed by atoms with Crippen molar-refractivity contribution < 1.29 is 14.3 Å². The summed E-state index contributed by atoms with van der Waals surface area (Å²) in [6, 6.07) is 0. The molecule has 0 aromatic carbocycles. The number of fused-ring (bicyclic) bond motifs is 4. The van der Waals surface area contributed by atoms with Crippen LogP contribution in [0.2, 0.25) is 0 Å². The van der Waals surface area contributed by atoms with Crippen LogP contribution in [0, 0.1) is 0 Å². The average molecular weight is 447 g/mol. The maximum Gasteiger partial charge on any atom is 0.332 e. The smallest absolute Gasteiger partial charge is 0.332 e. The molecular weight excluding hydrogens is 412 g/mol. The highest BCUT2D eigenvalue weighted by Crippen LogP contribution is 2.54. The van der Waals surface area contributed by atoms with Gasteiger partial charge in [-0.15, -0.1) is 0 Å². The number of aryl methyl sites for hydroxylation is 1. The fourth-order valence-corrected chi connectivity index (χ4v) is 5.44. The first-order chi connectivity index (χ1) is 15.4. The van der Waals surface area contributed by atoms with E-state index in [9.17, 15) is 14.4 Å². The molecule has 0 amide bonds. The number of carbonyl (C=O) groups excluding carboxylic acids is 1. The van der Waals surface area contributed by atoms with Gasteiger partial charge in [0.1, 0.15) is 11.3 Å². The van der Waals surface area contributed by atoms with E-state index >= 15 is 0 Å². The second-order valence-electron chi connectivity index (χ2n) is 9.31. The minimum Gasteiger partial charge on any atom is -0.469 e. The van der Waals surface area contributed by atoms with E-state index in [-0.39, 0.29) is 34.7 Å². The van der Waals surface area contributed by atoms with Gasteiger partial charge in [0.2, 0.25) is 0 Å². The number of aromatic nitrogens is 4. The summed E-state index contributed by atoms with van der Waals surface area (Å²) in [5.41, 5.74) is 0.0677. The number of hydrogen-bond acceptors (Lipinski definition) is 6. The number of rotatable bonds is 9. The van der Waals surface area contributed by atoms with Crippen molar-refractivity contribution in [3.05, 3.63) is 26.7 Å². The molecule has 0 spiro atoms. The highest BCUT2D eigenvalue weighted by molar-refractivity contribution is 5.70. The van der Waals surface area contributed by atoms with E-state index in [4.69, 9.17) is 14.5 Å². The predicted molar refractivity (Wildman–Crippen MR) is 120 cm³/mol. The molecule has 176 valence electrons. The van der Waals surface area contributed by atoms with E-state index in [2.05, 4.69) is 4.98 Å². The van der Waals surface area contributed by atoms with Crippen LogP contribution in [0.25, 0.3) is 11.2 Å². The number of aromatic amines is 1. The van der Waals surface area contributed by atoms with Crippen molar-refractivity contribution in [3.8, 4) is 0 Å². The highest BCUT2D eigenvalue weighted by Gasteiger charge is 2.51. The molecule has 0 saturated heterocycles. The Labute approximate surface area is 187 Å². The Balaban J connectivity index is 1.62. The van der Waals surface area contributed by atoms with Gasteiger partial charge < -0.3 is 14.5 Å². The number of imidazole rings is 1. The van der Waals surface area contributed by atoms with Crippen molar-refractivity contribution in [3.63, 3.8) is 0 Å². The third-order valence-electron chi connectivity index (χ3n) is 7.38. The summed E-state index contributed by atoms with van der Waals surface area (Å²) in [4.78, 5) is 45.6. The molecule has 2 bridgehead atoms. The number of ether oxygens (including phenoxy) is 2. The Morgan fingerprint density at radius 1 is 1.03 bits per heavy atom. The van der Waals surface area contributed by atoms with Crippen LogP contribution in [0.1, 0.15) is 77.5 Å². The van der Waals surface area contributed by atoms with Crippen molar-refractivity contribution in [1.29, 1.82) is 0 Å². The Morgan fingerprint density at radius 3 is 2.25 bits per heavy atom. The average Bonchev–Trinajstić information content (AvgIpc) is 3.27. The Hall–Kier alpha value is -2.42. The van der Waals surface area contributed by atoms with E-state index < -0.39 is 0 Å². The zero-order valence-corrected chi connectivity index (χ0v) is 19.4. The SMILES string of the molecule is CCCn1c(=O)c2[nH]c(C34CCC(OCCC(=O)OC)(CC3)CC4)nc2n(CCC)c1=O. The van der Waals surface area contributed by atoms with E-state index in [0.29, 0.717) is 30.9 Å². The first-order valence-corrected chi connectivity index (χ1v) is 11.8. The van der Waals surface area contributed by atoms with Crippen LogP contribution < -0.4 is 11.2 Å². The number of nitrogens with zero attached hydrogens (tertiary/aromatic N) is 3. The van der Waals surface area contributed by atoms with Gasteiger partial charge in [-0.3, -0.25) is 18.7 Å². The number of esters is 1. The molecule has 0 atom stereocenters. The Bertz CT molecular complexity index is 1090. The van der Waals surface area contributed by atoms with E-state index in [1.165, 1.54) is 11.7 Å². The summed E-state index contributed by atoms with van der Waals surface area (Å²) in [6.45, 7) is 5.30. The summed E-state index contributed by atoms with van der Waals surface area (Å²) in [6.07, 6.45) is 7.19. The van der Waals surface area contributed by atoms with Gasteiger partial charge in [-0.2, -0.15) is 0 Å². The molecule has 3 fully saturated rings. The van der Waals surface area contributed by atoms with Crippen molar-refractivity contribution in [2.24, 2.45) is 0 Å². The lowest BCUT2D eigenvalue weighted by atomic mass is 9.58. The summed E-state index contributed by atoms with van der Waals surface area (Å²) in [7, 11) is 1.39. The Morgan fingerprint density at radius 2 is 1.66 bits per heavy atom. The maximum atomic E-state index is 13.1. The van der Waals surface area contributed by atoms with Crippen LogP contribution in [0.5, 0.6) is 0 Å². The number of H-pyrrole nitrogens is 1. The molecule has 3 aliphatic carbocycles. The topological polar surface area (TPSA) is 108 Å². The highest BCUT2D eigenvalue weighted by atomic mass is 16.5. The molecule has 3 aliphatic rings. The van der Waals surface area contributed by atoms with Crippen LogP contribution in [0.15, 0.2) is 9.59 Å². The number of methoxy groups -OCH3 is 1. The molecule has 2 heterocycles. The minimum absolute atomic E-state index is 0.123. The van der Waals surface area contributed by atoms with Crippen molar-refractivity contribution >= 4 is 17.1 Å². The molecule has 1 N–H and O–H groups in total. The van der Waals surface area contributed by atoms with Gasteiger partial charge >= 0.3 is 11.7 Å². The van der Waals surface area contributed by atoms with Gasteiger partial charge in [0.05, 0.1) is 25.7 Å². The third kappa shape index (κ3) is 3.80. The fraction of sp³-hybridized carbons (Fsp3) is 0.739. The molecule has 0 aliphatic heterocycles. The van der Waals surface area contributed by atoms with Crippen molar-refractivity contribution in [2.45, 2.75) is 95.7 Å². The third-order valence-corrected chi connectivity index (χ3v) is 7.38. The molecule has 0 radical (unpaired) electrons. The normalized spacial score (nSPS) is 24.8. The lowest BCUT2D eigenvalue weighted by Crippen LogP contribution is -2.50. The van der Waals surface area contributed by atoms with Crippen molar-refractivity contribution in [1.82, 2.24) is 19.1 Å². The predicted octanol–water partition coefficient (Wildman–Crippen LogP) is 2.63. The molecule has 9 heteroatoms. The van der Waals surface area contributed by atoms with Gasteiger partial charge in [0.25, 0.3) is 5.56 Å². The van der Waals surface area contributed by atoms with Crippen molar-refractivity contribution in [2.75, 3.05) is 13.7 Å². The van der Waals surface area contributed by atoms with E-state index in [1.807, 2.05) is 13.8 Å². The maximum absolute atomic E-state index is 13.1. The zero-order valence-electron chi connectivity index (χ0n) is 19.4.